The molecule has 4 rings (SSSR count). The van der Waals surface area contributed by atoms with Crippen LogP contribution in [0.15, 0.2) is 102 Å². The molecular weight excluding hydrogens is 508 g/mol. The lowest BCUT2D eigenvalue weighted by atomic mass is 10.0. The summed E-state index contributed by atoms with van der Waals surface area (Å²) in [4.78, 5) is 26.4. The van der Waals surface area contributed by atoms with Gasteiger partial charge in [-0.1, -0.05) is 77.3 Å². The molecule has 0 unspecified atom stereocenters. The summed E-state index contributed by atoms with van der Waals surface area (Å²) in [7, 11) is -4.06. The number of halogens is 1. The van der Waals surface area contributed by atoms with Crippen molar-refractivity contribution in [2.45, 2.75) is 18.7 Å². The van der Waals surface area contributed by atoms with E-state index in [1.54, 1.807) is 72.8 Å². The molecule has 0 aliphatic heterocycles. The van der Waals surface area contributed by atoms with Crippen LogP contribution in [0.5, 0.6) is 0 Å². The topological polar surface area (TPSA) is 83.6 Å². The number of hydrogen-bond donors (Lipinski definition) is 1. The molecule has 0 atom stereocenters. The highest BCUT2D eigenvalue weighted by atomic mass is 35.5. The summed E-state index contributed by atoms with van der Waals surface area (Å²) in [6, 6.07) is 26.5. The van der Waals surface area contributed by atoms with E-state index in [9.17, 15) is 18.0 Å². The quantitative estimate of drug-likeness (QED) is 0.281. The van der Waals surface area contributed by atoms with Crippen molar-refractivity contribution in [3.8, 4) is 0 Å². The van der Waals surface area contributed by atoms with Crippen LogP contribution >= 0.6 is 11.6 Å². The fourth-order valence-electron chi connectivity index (χ4n) is 3.74. The van der Waals surface area contributed by atoms with Gasteiger partial charge >= 0.3 is 0 Å². The Kier molecular flexibility index (Phi) is 7.76. The van der Waals surface area contributed by atoms with Gasteiger partial charge in [0.25, 0.3) is 10.0 Å². The number of anilines is 2. The fraction of sp³-hybridized carbons (Fsp3) is 0.103. The maximum absolute atomic E-state index is 13.6. The first-order valence-electron chi connectivity index (χ1n) is 11.5. The summed E-state index contributed by atoms with van der Waals surface area (Å²) >= 11 is 6.15. The highest BCUT2D eigenvalue weighted by Gasteiger charge is 2.28. The molecule has 0 spiro atoms. The second-order valence-corrected chi connectivity index (χ2v) is 10.9. The van der Waals surface area contributed by atoms with Crippen molar-refractivity contribution in [1.82, 2.24) is 0 Å². The van der Waals surface area contributed by atoms with E-state index in [4.69, 9.17) is 11.6 Å². The van der Waals surface area contributed by atoms with E-state index >= 15 is 0 Å². The first kappa shape index (κ1) is 26.1. The van der Waals surface area contributed by atoms with Crippen molar-refractivity contribution < 1.29 is 18.0 Å². The van der Waals surface area contributed by atoms with Gasteiger partial charge in [-0.2, -0.15) is 0 Å². The number of ketones is 1. The predicted molar refractivity (Wildman–Crippen MR) is 147 cm³/mol. The van der Waals surface area contributed by atoms with Crippen LogP contribution in [0.2, 0.25) is 5.02 Å². The summed E-state index contributed by atoms with van der Waals surface area (Å²) in [5.74, 6) is -0.929. The Labute approximate surface area is 221 Å². The van der Waals surface area contributed by atoms with Crippen molar-refractivity contribution in [2.24, 2.45) is 0 Å². The molecule has 1 amide bonds. The van der Waals surface area contributed by atoms with E-state index in [1.807, 2.05) is 13.8 Å². The van der Waals surface area contributed by atoms with Crippen LogP contribution in [-0.2, 0) is 14.8 Å². The van der Waals surface area contributed by atoms with Gasteiger partial charge in [0, 0.05) is 16.1 Å². The van der Waals surface area contributed by atoms with Gasteiger partial charge in [0.1, 0.15) is 6.54 Å². The first-order valence-corrected chi connectivity index (χ1v) is 13.3. The minimum absolute atomic E-state index is 0.0675. The molecule has 0 fully saturated rings. The first-order chi connectivity index (χ1) is 17.6. The second kappa shape index (κ2) is 11.0. The van der Waals surface area contributed by atoms with Crippen LogP contribution in [0.25, 0.3) is 0 Å². The van der Waals surface area contributed by atoms with Gasteiger partial charge in [-0.05, 0) is 56.3 Å². The molecular formula is C29H25ClN2O4S. The Morgan fingerprint density at radius 3 is 2.03 bits per heavy atom. The minimum atomic E-state index is -4.06. The monoisotopic (exact) mass is 532 g/mol. The van der Waals surface area contributed by atoms with E-state index in [1.165, 1.54) is 24.3 Å². The molecule has 6 nitrogen and oxygen atoms in total. The minimum Gasteiger partial charge on any atom is -0.324 e. The number of sulfonamides is 1. The van der Waals surface area contributed by atoms with Gasteiger partial charge in [0.15, 0.2) is 5.78 Å². The van der Waals surface area contributed by atoms with Gasteiger partial charge < -0.3 is 5.32 Å². The van der Waals surface area contributed by atoms with E-state index in [2.05, 4.69) is 5.32 Å². The lowest BCUT2D eigenvalue weighted by molar-refractivity contribution is -0.114. The molecule has 4 aromatic rings. The van der Waals surface area contributed by atoms with Gasteiger partial charge in [-0.3, -0.25) is 13.9 Å². The summed E-state index contributed by atoms with van der Waals surface area (Å²) in [6.07, 6.45) is 0. The Morgan fingerprint density at radius 1 is 0.811 bits per heavy atom. The van der Waals surface area contributed by atoms with Crippen LogP contribution in [0.4, 0.5) is 11.4 Å². The van der Waals surface area contributed by atoms with Crippen LogP contribution in [0, 0.1) is 13.8 Å². The van der Waals surface area contributed by atoms with E-state index in [0.717, 1.165) is 15.4 Å². The van der Waals surface area contributed by atoms with E-state index < -0.39 is 22.5 Å². The number of carbonyl (C=O) groups is 2. The molecule has 37 heavy (non-hydrogen) atoms. The standard InChI is InChI=1S/C29H25ClN2O4S/c1-20-8-13-24(14-9-20)32(37(35,36)25-15-10-21(2)11-16-25)19-28(33)31-27-17-12-23(30)18-26(27)29(34)22-6-4-3-5-7-22/h3-18H,19H2,1-2H3,(H,31,33). The molecule has 0 bridgehead atoms. The number of nitrogens with one attached hydrogen (secondary N) is 1. The maximum Gasteiger partial charge on any atom is 0.264 e. The summed E-state index contributed by atoms with van der Waals surface area (Å²) in [5, 5.41) is 3.04. The van der Waals surface area contributed by atoms with Gasteiger partial charge in [-0.15, -0.1) is 0 Å². The highest BCUT2D eigenvalue weighted by Crippen LogP contribution is 2.26. The summed E-state index contributed by atoms with van der Waals surface area (Å²) < 4.78 is 28.2. The van der Waals surface area contributed by atoms with Crippen molar-refractivity contribution in [1.29, 1.82) is 0 Å². The number of hydrogen-bond acceptors (Lipinski definition) is 4. The van der Waals surface area contributed by atoms with Crippen LogP contribution in [0.1, 0.15) is 27.0 Å². The summed E-state index contributed by atoms with van der Waals surface area (Å²) in [6.45, 7) is 3.25. The molecule has 0 aromatic heterocycles. The van der Waals surface area contributed by atoms with Crippen LogP contribution in [0.3, 0.4) is 0 Å². The smallest absolute Gasteiger partial charge is 0.264 e. The molecule has 4 aromatic carbocycles. The second-order valence-electron chi connectivity index (χ2n) is 8.59. The predicted octanol–water partition coefficient (Wildman–Crippen LogP) is 6.02. The molecule has 0 radical (unpaired) electrons. The van der Waals surface area contributed by atoms with Crippen molar-refractivity contribution in [2.75, 3.05) is 16.2 Å². The molecule has 8 heteroatoms. The third-order valence-electron chi connectivity index (χ3n) is 5.75. The molecule has 0 saturated carbocycles. The van der Waals surface area contributed by atoms with E-state index in [0.29, 0.717) is 16.3 Å². The Balaban J connectivity index is 1.67. The summed E-state index contributed by atoms with van der Waals surface area (Å²) in [5.41, 5.74) is 3.08. The van der Waals surface area contributed by atoms with Crippen molar-refractivity contribution in [3.63, 3.8) is 0 Å². The van der Waals surface area contributed by atoms with Crippen molar-refractivity contribution >= 4 is 44.7 Å². The number of amides is 1. The zero-order valence-electron chi connectivity index (χ0n) is 20.3. The van der Waals surface area contributed by atoms with Crippen molar-refractivity contribution in [3.05, 3.63) is 124 Å². The molecule has 188 valence electrons. The molecule has 0 aliphatic rings. The van der Waals surface area contributed by atoms with Crippen LogP contribution < -0.4 is 9.62 Å². The molecule has 0 saturated heterocycles. The molecule has 1 N–H and O–H groups in total. The number of carbonyl (C=O) groups excluding carboxylic acids is 2. The number of aryl methyl sites for hydroxylation is 2. The number of benzene rings is 4. The lowest BCUT2D eigenvalue weighted by Gasteiger charge is -2.24. The SMILES string of the molecule is Cc1ccc(N(CC(=O)Nc2ccc(Cl)cc2C(=O)c2ccccc2)S(=O)(=O)c2ccc(C)cc2)cc1. The zero-order chi connectivity index (χ0) is 26.6. The lowest BCUT2D eigenvalue weighted by Crippen LogP contribution is -2.38. The third kappa shape index (κ3) is 6.07. The highest BCUT2D eigenvalue weighted by molar-refractivity contribution is 7.92. The van der Waals surface area contributed by atoms with Gasteiger partial charge in [-0.25, -0.2) is 8.42 Å². The van der Waals surface area contributed by atoms with E-state index in [-0.39, 0.29) is 21.9 Å². The Morgan fingerprint density at radius 2 is 1.41 bits per heavy atom. The largest absolute Gasteiger partial charge is 0.324 e. The molecule has 0 heterocycles. The molecule has 0 aliphatic carbocycles. The normalized spacial score (nSPS) is 11.1. The average molecular weight is 533 g/mol. The number of nitrogens with zero attached hydrogens (tertiary/aromatic N) is 1. The van der Waals surface area contributed by atoms with Crippen LogP contribution in [-0.4, -0.2) is 26.7 Å². The average Bonchev–Trinajstić information content (AvgIpc) is 2.89. The Hall–Kier alpha value is -3.94. The third-order valence-corrected chi connectivity index (χ3v) is 7.78. The fourth-order valence-corrected chi connectivity index (χ4v) is 5.34. The Bertz CT molecular complexity index is 1540. The van der Waals surface area contributed by atoms with Gasteiger partial charge in [0.2, 0.25) is 5.91 Å². The zero-order valence-corrected chi connectivity index (χ0v) is 21.9. The van der Waals surface area contributed by atoms with Gasteiger partial charge in [0.05, 0.1) is 16.3 Å². The number of rotatable bonds is 8. The maximum atomic E-state index is 13.6.